The Labute approximate surface area is 119 Å². The fraction of sp³-hybridized carbons (Fsp3) is 0. The summed E-state index contributed by atoms with van der Waals surface area (Å²) in [7, 11) is -2.17. The Bertz CT molecular complexity index is 26.5. The normalized spacial score (nSPS) is 3.86. The molecule has 7 heavy (non-hydrogen) atoms. The van der Waals surface area contributed by atoms with Crippen LogP contribution in [-0.4, -0.2) is 71.3 Å². The second-order valence-corrected chi connectivity index (χ2v) is 0.346. The Balaban J connectivity index is -0.00000000450. The van der Waals surface area contributed by atoms with Crippen LogP contribution in [0.25, 0.3) is 0 Å². The van der Waals surface area contributed by atoms with Crippen LogP contribution < -0.4 is 0 Å². The molecule has 3 N–H and O–H groups in total. The van der Waals surface area contributed by atoms with Crippen molar-refractivity contribution in [3.63, 3.8) is 0 Å². The molecule has 0 aromatic carbocycles. The van der Waals surface area contributed by atoms with E-state index in [1.54, 1.807) is 0 Å². The van der Waals surface area contributed by atoms with E-state index >= 15 is 0 Å². The van der Waals surface area contributed by atoms with Crippen molar-refractivity contribution in [1.29, 1.82) is 0 Å². The molecule has 0 fully saturated rings. The molecule has 3 nitrogen and oxygen atoms in total. The van der Waals surface area contributed by atoms with Gasteiger partial charge in [-0.25, -0.2) is 0 Å². The Hall–Kier alpha value is 3.00. The second kappa shape index (κ2) is 16.0. The molecule has 0 rings (SSSR count). The average molecular weight is 377 g/mol. The van der Waals surface area contributed by atoms with Gasteiger partial charge >= 0.3 is 56.2 Å². The minimum absolute atomic E-state index is 0. The van der Waals surface area contributed by atoms with Crippen LogP contribution in [-0.2, 0) is 0 Å². The Morgan fingerprint density at radius 1 is 1.14 bits per heavy atom. The third-order valence-corrected chi connectivity index (χ3v) is 0. The quantitative estimate of drug-likeness (QED) is 0.438. The van der Waals surface area contributed by atoms with Gasteiger partial charge in [0.2, 0.25) is 0 Å². The van der Waals surface area contributed by atoms with Crippen LogP contribution in [0.5, 0.6) is 0 Å². The fourth-order valence-electron chi connectivity index (χ4n) is 0. The predicted molar refractivity (Wildman–Crippen MR) is 27.6 cm³/mol. The maximum atomic E-state index is 7.17. The van der Waals surface area contributed by atoms with Crippen LogP contribution in [0, 0.1) is 35.6 Å². The van der Waals surface area contributed by atoms with Gasteiger partial charge in [0.25, 0.3) is 0 Å². The molecule has 0 amide bonds. The Kier molecular flexibility index (Phi) is 51.4. The molecule has 0 aliphatic carbocycles. The molecule has 0 saturated carbocycles. The van der Waals surface area contributed by atoms with Crippen molar-refractivity contribution in [3.8, 4) is 0 Å². The van der Waals surface area contributed by atoms with Gasteiger partial charge in [-0.1, -0.05) is 0 Å². The molecule has 0 spiro atoms. The number of rotatable bonds is 0. The van der Waals surface area contributed by atoms with E-state index in [4.69, 9.17) is 15.1 Å². The molecule has 0 bridgehead atoms. The topological polar surface area (TPSA) is 60.7 Å². The molecule has 0 heterocycles. The van der Waals surface area contributed by atoms with E-state index < -0.39 is 7.32 Å². The number of halogens is 1. The van der Waals surface area contributed by atoms with Gasteiger partial charge in [0.1, 0.15) is 0 Å². The van der Waals surface area contributed by atoms with Gasteiger partial charge in [-0.3, -0.25) is 0 Å². The summed E-state index contributed by atoms with van der Waals surface area (Å²) in [4.78, 5) is 0. The number of hydrogen-bond donors (Lipinski definition) is 3. The predicted octanol–water partition coefficient (Wildman–Crippen LogP) is -1.79. The van der Waals surface area contributed by atoms with E-state index in [2.05, 4.69) is 0 Å². The maximum absolute atomic E-state index is 7.17. The van der Waals surface area contributed by atoms with Gasteiger partial charge in [-0.05, 0) is 0 Å². The summed E-state index contributed by atoms with van der Waals surface area (Å²) in [6, 6.07) is 0. The van der Waals surface area contributed by atoms with E-state index in [0.717, 1.165) is 0 Å². The summed E-state index contributed by atoms with van der Waals surface area (Å²) in [5.74, 6) is 0. The third-order valence-electron chi connectivity index (χ3n) is 0. The van der Waals surface area contributed by atoms with Crippen LogP contribution in [0.2, 0.25) is 0 Å². The molecule has 0 unspecified atom stereocenters. The van der Waals surface area contributed by atoms with E-state index in [9.17, 15) is 0 Å². The zero-order valence-corrected chi connectivity index (χ0v) is 12.5. The van der Waals surface area contributed by atoms with Crippen molar-refractivity contribution in [2.75, 3.05) is 0 Å². The Morgan fingerprint density at radius 2 is 1.14 bits per heavy atom. The van der Waals surface area contributed by atoms with Crippen LogP contribution in [0.3, 0.4) is 0 Å². The molecule has 0 atom stereocenters. The second-order valence-electron chi connectivity index (χ2n) is 0.346. The van der Waals surface area contributed by atoms with Gasteiger partial charge in [0.15, 0.2) is 0 Å². The molecule has 7 heteroatoms. The van der Waals surface area contributed by atoms with Gasteiger partial charge in [-0.15, -0.1) is 12.4 Å². The molecule has 0 aliphatic rings. The SMILES string of the molecule is Cl.OB(O)O.[Ba+2].[H-].[H-].[La]. The average Bonchev–Trinajstić information content (AvgIpc) is 0.811. The minimum Gasteiger partial charge on any atom is -1.00 e. The number of hydrogen-bond acceptors (Lipinski definition) is 3. The van der Waals surface area contributed by atoms with Gasteiger partial charge in [0.05, 0.1) is 0 Å². The molecule has 0 aliphatic heterocycles. The third kappa shape index (κ3) is 49.0. The first-order valence-electron chi connectivity index (χ1n) is 0.775. The van der Waals surface area contributed by atoms with Crippen molar-refractivity contribution in [1.82, 2.24) is 0 Å². The molecular weight excluding hydrogens is 370 g/mol. The summed E-state index contributed by atoms with van der Waals surface area (Å²) >= 11 is 0. The monoisotopic (exact) mass is 377 g/mol. The first kappa shape index (κ1) is 22.5. The van der Waals surface area contributed by atoms with Crippen molar-refractivity contribution in [3.05, 3.63) is 0 Å². The summed E-state index contributed by atoms with van der Waals surface area (Å²) < 4.78 is 0. The van der Waals surface area contributed by atoms with Crippen molar-refractivity contribution < 1.29 is 53.5 Å². The fourth-order valence-corrected chi connectivity index (χ4v) is 0. The van der Waals surface area contributed by atoms with Gasteiger partial charge in [-0.2, -0.15) is 0 Å². The largest absolute Gasteiger partial charge is 2.00 e. The van der Waals surface area contributed by atoms with Crippen molar-refractivity contribution >= 4 is 68.6 Å². The standard InChI is InChI=1S/BH3O3.Ba.ClH.La.2H/c2-1(3)4;;;;;/h2-4H;;1H;;;/q;+2;;;2*-1. The molecule has 1 radical (unpaired) electrons. The first-order chi connectivity index (χ1) is 1.73. The van der Waals surface area contributed by atoms with Crippen molar-refractivity contribution in [2.45, 2.75) is 0 Å². The molecular formula is H6BBaClLaO3. The first-order valence-corrected chi connectivity index (χ1v) is 0.775. The van der Waals surface area contributed by atoms with Gasteiger partial charge < -0.3 is 17.9 Å². The van der Waals surface area contributed by atoms with Crippen LogP contribution in [0.1, 0.15) is 2.85 Å². The van der Waals surface area contributed by atoms with E-state index in [-0.39, 0.29) is 99.7 Å². The van der Waals surface area contributed by atoms with Crippen LogP contribution in [0.15, 0.2) is 0 Å². The summed E-state index contributed by atoms with van der Waals surface area (Å²) in [5.41, 5.74) is 0. The van der Waals surface area contributed by atoms with Crippen LogP contribution in [0.4, 0.5) is 0 Å². The van der Waals surface area contributed by atoms with E-state index in [1.165, 1.54) is 0 Å². The summed E-state index contributed by atoms with van der Waals surface area (Å²) in [5, 5.41) is 21.5. The maximum Gasteiger partial charge on any atom is 2.00 e. The molecule has 0 aromatic heterocycles. The van der Waals surface area contributed by atoms with Crippen molar-refractivity contribution in [2.24, 2.45) is 0 Å². The minimum atomic E-state index is -2.17. The smallest absolute Gasteiger partial charge is 1.00 e. The van der Waals surface area contributed by atoms with Gasteiger partial charge in [0, 0.05) is 35.6 Å². The Morgan fingerprint density at radius 3 is 1.14 bits per heavy atom. The van der Waals surface area contributed by atoms with Crippen LogP contribution >= 0.6 is 12.4 Å². The summed E-state index contributed by atoms with van der Waals surface area (Å²) in [6.45, 7) is 0. The molecule has 39 valence electrons. The van der Waals surface area contributed by atoms with E-state index in [1.807, 2.05) is 0 Å². The zero-order valence-electron chi connectivity index (χ0n) is 5.61. The molecule has 0 aromatic rings. The summed E-state index contributed by atoms with van der Waals surface area (Å²) in [6.07, 6.45) is 0. The zero-order chi connectivity index (χ0) is 3.58. The molecule has 0 saturated heterocycles. The van der Waals surface area contributed by atoms with E-state index in [0.29, 0.717) is 0 Å².